The molecule has 0 bridgehead atoms. The zero-order valence-corrected chi connectivity index (χ0v) is 19.0. The van der Waals surface area contributed by atoms with Crippen LogP contribution in [0.5, 0.6) is 0 Å². The lowest BCUT2D eigenvalue weighted by molar-refractivity contribution is -0.118. The number of rotatable bonds is 11. The first-order chi connectivity index (χ1) is 14.6. The number of hydrogen-bond donors (Lipinski definition) is 4. The quantitative estimate of drug-likeness (QED) is 0.311. The molecule has 1 atom stereocenters. The number of benzene rings is 1. The number of nitrogens with one attached hydrogen (secondary N) is 3. The Kier molecular flexibility index (Phi) is 8.41. The van der Waals surface area contributed by atoms with E-state index in [9.17, 15) is 9.90 Å². The SMILES string of the molecule is CCC(CO)NC1=CN(SCc2ccccc2)Cc2sc(NCCNC(C)=O)nc21. The van der Waals surface area contributed by atoms with Crippen LogP contribution in [0.4, 0.5) is 5.13 Å². The van der Waals surface area contributed by atoms with Gasteiger partial charge in [0, 0.05) is 38.0 Å². The summed E-state index contributed by atoms with van der Waals surface area (Å²) in [6.07, 6.45) is 2.92. The number of carbonyl (C=O) groups is 1. The fourth-order valence-electron chi connectivity index (χ4n) is 2.96. The monoisotopic (exact) mass is 447 g/mol. The van der Waals surface area contributed by atoms with Gasteiger partial charge in [-0.2, -0.15) is 0 Å². The van der Waals surface area contributed by atoms with Gasteiger partial charge in [-0.25, -0.2) is 4.98 Å². The molecule has 1 unspecified atom stereocenters. The van der Waals surface area contributed by atoms with Gasteiger partial charge in [-0.15, -0.1) is 0 Å². The normalized spacial score (nSPS) is 14.0. The highest BCUT2D eigenvalue weighted by Gasteiger charge is 2.24. The maximum Gasteiger partial charge on any atom is 0.216 e. The first kappa shape index (κ1) is 22.5. The zero-order chi connectivity index (χ0) is 21.3. The molecule has 0 spiro atoms. The number of nitrogens with zero attached hydrogens (tertiary/aromatic N) is 2. The molecule has 0 fully saturated rings. The van der Waals surface area contributed by atoms with Crippen molar-refractivity contribution in [3.05, 3.63) is 52.7 Å². The largest absolute Gasteiger partial charge is 0.394 e. The molecule has 1 aromatic heterocycles. The minimum atomic E-state index is -0.0367. The van der Waals surface area contributed by atoms with Crippen molar-refractivity contribution in [1.29, 1.82) is 0 Å². The van der Waals surface area contributed by atoms with Crippen LogP contribution in [0.15, 0.2) is 36.5 Å². The Labute approximate surface area is 186 Å². The van der Waals surface area contributed by atoms with E-state index in [2.05, 4.69) is 57.6 Å². The van der Waals surface area contributed by atoms with Crippen molar-refractivity contribution in [3.8, 4) is 0 Å². The van der Waals surface area contributed by atoms with Crippen LogP contribution in [-0.4, -0.2) is 46.0 Å². The van der Waals surface area contributed by atoms with Crippen LogP contribution < -0.4 is 16.0 Å². The molecule has 7 nitrogen and oxygen atoms in total. The average Bonchev–Trinajstić information content (AvgIpc) is 3.17. The minimum absolute atomic E-state index is 0.0129. The number of anilines is 1. The van der Waals surface area contributed by atoms with Gasteiger partial charge in [-0.3, -0.25) is 4.79 Å². The van der Waals surface area contributed by atoms with Crippen molar-refractivity contribution < 1.29 is 9.90 Å². The molecule has 1 aliphatic rings. The van der Waals surface area contributed by atoms with Gasteiger partial charge >= 0.3 is 0 Å². The Morgan fingerprint density at radius 2 is 2.13 bits per heavy atom. The van der Waals surface area contributed by atoms with Crippen LogP contribution >= 0.6 is 23.3 Å². The second-order valence-electron chi connectivity index (χ2n) is 7.01. The molecular weight excluding hydrogens is 418 g/mol. The highest BCUT2D eigenvalue weighted by Crippen LogP contribution is 2.35. The van der Waals surface area contributed by atoms with E-state index in [1.165, 1.54) is 17.4 Å². The van der Waals surface area contributed by atoms with Crippen LogP contribution in [0, 0.1) is 0 Å². The lowest BCUT2D eigenvalue weighted by atomic mass is 10.2. The van der Waals surface area contributed by atoms with Gasteiger partial charge in [0.05, 0.1) is 23.7 Å². The Balaban J connectivity index is 1.70. The summed E-state index contributed by atoms with van der Waals surface area (Å²) in [4.78, 5) is 17.0. The predicted octanol–water partition coefficient (Wildman–Crippen LogP) is 3.01. The fourth-order valence-corrected chi connectivity index (χ4v) is 4.95. The van der Waals surface area contributed by atoms with E-state index in [0.29, 0.717) is 13.1 Å². The molecule has 1 aliphatic heterocycles. The summed E-state index contributed by atoms with van der Waals surface area (Å²) in [6, 6.07) is 10.4. The molecular formula is C21H29N5O2S2. The van der Waals surface area contributed by atoms with Gasteiger partial charge < -0.3 is 25.4 Å². The number of aliphatic hydroxyl groups is 1. The smallest absolute Gasteiger partial charge is 0.216 e. The van der Waals surface area contributed by atoms with E-state index in [1.807, 2.05) is 6.07 Å². The van der Waals surface area contributed by atoms with E-state index < -0.39 is 0 Å². The zero-order valence-electron chi connectivity index (χ0n) is 17.4. The lowest BCUT2D eigenvalue weighted by Crippen LogP contribution is -2.33. The lowest BCUT2D eigenvalue weighted by Gasteiger charge is -2.27. The third-order valence-electron chi connectivity index (χ3n) is 4.61. The molecule has 162 valence electrons. The second kappa shape index (κ2) is 11.2. The van der Waals surface area contributed by atoms with Crippen molar-refractivity contribution in [2.45, 2.75) is 38.6 Å². The van der Waals surface area contributed by atoms with Gasteiger partial charge in [-0.1, -0.05) is 48.6 Å². The molecule has 0 saturated carbocycles. The number of hydrogen-bond acceptors (Lipinski definition) is 8. The highest BCUT2D eigenvalue weighted by atomic mass is 32.2. The minimum Gasteiger partial charge on any atom is -0.394 e. The van der Waals surface area contributed by atoms with Crippen LogP contribution in [-0.2, 0) is 17.1 Å². The predicted molar refractivity (Wildman–Crippen MR) is 125 cm³/mol. The topological polar surface area (TPSA) is 89.5 Å². The maximum absolute atomic E-state index is 11.0. The fraction of sp³-hybridized carbons (Fsp3) is 0.429. The van der Waals surface area contributed by atoms with E-state index in [1.54, 1.807) is 23.3 Å². The van der Waals surface area contributed by atoms with Gasteiger partial charge in [0.15, 0.2) is 5.13 Å². The van der Waals surface area contributed by atoms with Gasteiger partial charge in [0.25, 0.3) is 0 Å². The average molecular weight is 448 g/mol. The third-order valence-corrected chi connectivity index (χ3v) is 6.64. The standard InChI is InChI=1S/C21H29N5O2S2/c1-3-17(13-27)24-18-11-26(29-14-16-7-5-4-6-8-16)12-19-20(18)25-21(30-19)23-10-9-22-15(2)28/h4-8,11,17,24,27H,3,9-10,12-14H2,1-2H3,(H,22,28)(H,23,25). The Morgan fingerprint density at radius 1 is 1.33 bits per heavy atom. The molecule has 2 heterocycles. The van der Waals surface area contributed by atoms with Crippen molar-refractivity contribution in [2.24, 2.45) is 0 Å². The van der Waals surface area contributed by atoms with Gasteiger partial charge in [0.1, 0.15) is 5.69 Å². The summed E-state index contributed by atoms with van der Waals surface area (Å²) < 4.78 is 2.22. The summed E-state index contributed by atoms with van der Waals surface area (Å²) in [6.45, 7) is 5.60. The van der Waals surface area contributed by atoms with E-state index >= 15 is 0 Å². The number of thiazole rings is 1. The summed E-state index contributed by atoms with van der Waals surface area (Å²) in [5.41, 5.74) is 3.15. The van der Waals surface area contributed by atoms with Crippen LogP contribution in [0.1, 0.15) is 36.4 Å². The van der Waals surface area contributed by atoms with Crippen LogP contribution in [0.3, 0.4) is 0 Å². The van der Waals surface area contributed by atoms with Crippen LogP contribution in [0.25, 0.3) is 5.70 Å². The summed E-state index contributed by atoms with van der Waals surface area (Å²) in [5, 5.41) is 20.0. The van der Waals surface area contributed by atoms with Crippen LogP contribution in [0.2, 0.25) is 0 Å². The summed E-state index contributed by atoms with van der Waals surface area (Å²) >= 11 is 3.39. The summed E-state index contributed by atoms with van der Waals surface area (Å²) in [7, 11) is 0. The number of carbonyl (C=O) groups excluding carboxylic acids is 1. The first-order valence-corrected chi connectivity index (χ1v) is 11.9. The van der Waals surface area contributed by atoms with Crippen molar-refractivity contribution in [2.75, 3.05) is 25.0 Å². The molecule has 3 rings (SSSR count). The number of aromatic nitrogens is 1. The van der Waals surface area contributed by atoms with E-state index in [0.717, 1.165) is 35.2 Å². The molecule has 4 N–H and O–H groups in total. The highest BCUT2D eigenvalue weighted by molar-refractivity contribution is 7.96. The van der Waals surface area contributed by atoms with Gasteiger partial charge in [0.2, 0.25) is 5.91 Å². The maximum atomic E-state index is 11.0. The molecule has 1 aromatic carbocycles. The molecule has 0 aliphatic carbocycles. The Hall–Kier alpha value is -2.23. The molecule has 0 saturated heterocycles. The third kappa shape index (κ3) is 6.38. The molecule has 30 heavy (non-hydrogen) atoms. The Morgan fingerprint density at radius 3 is 2.83 bits per heavy atom. The van der Waals surface area contributed by atoms with Gasteiger partial charge in [-0.05, 0) is 23.9 Å². The van der Waals surface area contributed by atoms with E-state index in [-0.39, 0.29) is 18.6 Å². The number of fused-ring (bicyclic) bond motifs is 1. The van der Waals surface area contributed by atoms with E-state index in [4.69, 9.17) is 4.98 Å². The van der Waals surface area contributed by atoms with Crippen molar-refractivity contribution >= 4 is 40.0 Å². The van der Waals surface area contributed by atoms with Crippen molar-refractivity contribution in [3.63, 3.8) is 0 Å². The molecule has 2 aromatic rings. The molecule has 1 amide bonds. The molecule has 0 radical (unpaired) electrons. The number of aliphatic hydroxyl groups excluding tert-OH is 1. The van der Waals surface area contributed by atoms with Crippen molar-refractivity contribution in [1.82, 2.24) is 19.9 Å². The molecule has 9 heteroatoms. The summed E-state index contributed by atoms with van der Waals surface area (Å²) in [5.74, 6) is 0.850. The first-order valence-electron chi connectivity index (χ1n) is 10.1. The number of amides is 1. The second-order valence-corrected chi connectivity index (χ2v) is 9.11. The Bertz CT molecular complexity index is 852.